The maximum Gasteiger partial charge on any atom is 0.131 e. The minimum atomic E-state index is 0.848. The second kappa shape index (κ2) is 6.52. The molecule has 0 aromatic carbocycles. The van der Waals surface area contributed by atoms with Gasteiger partial charge in [0.05, 0.1) is 5.69 Å². The number of nitrogens with zero attached hydrogens (tertiary/aromatic N) is 4. The number of hydrogen-bond acceptors (Lipinski definition) is 4. The van der Waals surface area contributed by atoms with Gasteiger partial charge in [-0.15, -0.1) is 0 Å². The van der Waals surface area contributed by atoms with Crippen LogP contribution < -0.4 is 10.2 Å². The number of anilines is 1. The first kappa shape index (κ1) is 14.5. The maximum atomic E-state index is 4.55. The second-order valence-electron chi connectivity index (χ2n) is 5.00. The van der Waals surface area contributed by atoms with Gasteiger partial charge in [-0.25, -0.2) is 0 Å². The number of nitrogens with one attached hydrogen (secondary N) is 1. The summed E-state index contributed by atoms with van der Waals surface area (Å²) in [4.78, 5) is 6.30. The Morgan fingerprint density at radius 3 is 2.65 bits per heavy atom. The molecule has 0 saturated heterocycles. The molecular weight excluding hydrogens is 250 g/mol. The molecule has 0 aliphatic carbocycles. The van der Waals surface area contributed by atoms with Crippen LogP contribution in [0.15, 0.2) is 24.5 Å². The Morgan fingerprint density at radius 1 is 1.30 bits per heavy atom. The molecule has 0 saturated carbocycles. The van der Waals surface area contributed by atoms with Gasteiger partial charge < -0.3 is 10.2 Å². The van der Waals surface area contributed by atoms with E-state index >= 15 is 0 Å². The molecule has 0 aliphatic heterocycles. The molecule has 108 valence electrons. The van der Waals surface area contributed by atoms with Gasteiger partial charge in [0.2, 0.25) is 0 Å². The van der Waals surface area contributed by atoms with Gasteiger partial charge in [0, 0.05) is 45.1 Å². The van der Waals surface area contributed by atoms with E-state index in [-0.39, 0.29) is 0 Å². The summed E-state index contributed by atoms with van der Waals surface area (Å²) in [5.74, 6) is 1.17. The van der Waals surface area contributed by atoms with Gasteiger partial charge >= 0.3 is 0 Å². The number of pyridine rings is 1. The van der Waals surface area contributed by atoms with Crippen molar-refractivity contribution in [2.45, 2.75) is 26.9 Å². The minimum Gasteiger partial charge on any atom is -0.355 e. The smallest absolute Gasteiger partial charge is 0.131 e. The summed E-state index contributed by atoms with van der Waals surface area (Å²) in [6.07, 6.45) is 3.66. The Hall–Kier alpha value is -1.88. The van der Waals surface area contributed by atoms with Crippen LogP contribution in [0.25, 0.3) is 0 Å². The lowest BCUT2D eigenvalue weighted by atomic mass is 10.2. The third-order valence-electron chi connectivity index (χ3n) is 3.40. The van der Waals surface area contributed by atoms with E-state index in [1.54, 1.807) is 0 Å². The van der Waals surface area contributed by atoms with Crippen molar-refractivity contribution < 1.29 is 0 Å². The van der Waals surface area contributed by atoms with Gasteiger partial charge in [0.15, 0.2) is 0 Å². The van der Waals surface area contributed by atoms with Gasteiger partial charge in [-0.3, -0.25) is 9.67 Å². The van der Waals surface area contributed by atoms with E-state index in [9.17, 15) is 0 Å². The number of aromatic nitrogens is 3. The summed E-state index contributed by atoms with van der Waals surface area (Å²) in [5.41, 5.74) is 3.60. The number of hydrogen-bond donors (Lipinski definition) is 1. The summed E-state index contributed by atoms with van der Waals surface area (Å²) < 4.78 is 1.96. The molecular formula is C15H23N5. The van der Waals surface area contributed by atoms with Crippen LogP contribution >= 0.6 is 0 Å². The lowest BCUT2D eigenvalue weighted by Gasteiger charge is -2.21. The molecule has 0 spiro atoms. The average molecular weight is 273 g/mol. The van der Waals surface area contributed by atoms with Crippen molar-refractivity contribution in [3.63, 3.8) is 0 Å². The molecule has 2 heterocycles. The first-order valence-electron chi connectivity index (χ1n) is 6.96. The zero-order chi connectivity index (χ0) is 14.5. The fraction of sp³-hybridized carbons (Fsp3) is 0.467. The van der Waals surface area contributed by atoms with E-state index in [0.29, 0.717) is 0 Å². The van der Waals surface area contributed by atoms with Crippen LogP contribution in [0, 0.1) is 6.92 Å². The molecule has 5 heteroatoms. The van der Waals surface area contributed by atoms with Crippen LogP contribution in [-0.4, -0.2) is 28.4 Å². The molecule has 0 radical (unpaired) electrons. The summed E-state index contributed by atoms with van der Waals surface area (Å²) in [6, 6.07) is 4.09. The van der Waals surface area contributed by atoms with E-state index in [1.165, 1.54) is 16.9 Å². The molecule has 2 aromatic heterocycles. The van der Waals surface area contributed by atoms with Crippen LogP contribution in [0.4, 0.5) is 5.82 Å². The van der Waals surface area contributed by atoms with Crippen molar-refractivity contribution >= 4 is 5.82 Å². The zero-order valence-electron chi connectivity index (χ0n) is 12.7. The van der Waals surface area contributed by atoms with E-state index in [0.717, 1.165) is 25.3 Å². The molecule has 20 heavy (non-hydrogen) atoms. The monoisotopic (exact) mass is 273 g/mol. The Balaban J connectivity index is 2.22. The summed E-state index contributed by atoms with van der Waals surface area (Å²) >= 11 is 0. The number of rotatable bonds is 6. The SMILES string of the molecule is CCNCc1c(C)nn(C)c1N(C)Cc1ccncc1. The molecule has 0 unspecified atom stereocenters. The zero-order valence-corrected chi connectivity index (χ0v) is 12.7. The van der Waals surface area contributed by atoms with E-state index < -0.39 is 0 Å². The lowest BCUT2D eigenvalue weighted by molar-refractivity contribution is 0.709. The Kier molecular flexibility index (Phi) is 4.74. The molecule has 0 fully saturated rings. The van der Waals surface area contributed by atoms with Crippen LogP contribution in [0.5, 0.6) is 0 Å². The highest BCUT2D eigenvalue weighted by molar-refractivity contribution is 5.50. The van der Waals surface area contributed by atoms with E-state index in [4.69, 9.17) is 0 Å². The van der Waals surface area contributed by atoms with Gasteiger partial charge in [-0.2, -0.15) is 5.10 Å². The van der Waals surface area contributed by atoms with Gasteiger partial charge in [0.25, 0.3) is 0 Å². The minimum absolute atomic E-state index is 0.848. The molecule has 1 N–H and O–H groups in total. The molecule has 2 rings (SSSR count). The van der Waals surface area contributed by atoms with Crippen molar-refractivity contribution in [2.75, 3.05) is 18.5 Å². The summed E-state index contributed by atoms with van der Waals surface area (Å²) in [7, 11) is 4.10. The third kappa shape index (κ3) is 3.17. The molecule has 5 nitrogen and oxygen atoms in total. The quantitative estimate of drug-likeness (QED) is 0.873. The Labute approximate surface area is 120 Å². The summed E-state index contributed by atoms with van der Waals surface area (Å²) in [5, 5.41) is 7.94. The van der Waals surface area contributed by atoms with Gasteiger partial charge in [-0.1, -0.05) is 6.92 Å². The maximum absolute atomic E-state index is 4.55. The van der Waals surface area contributed by atoms with E-state index in [2.05, 4.69) is 41.2 Å². The Bertz CT molecular complexity index is 547. The number of aryl methyl sites for hydroxylation is 2. The fourth-order valence-electron chi connectivity index (χ4n) is 2.46. The first-order valence-corrected chi connectivity index (χ1v) is 6.96. The predicted octanol–water partition coefficient (Wildman–Crippen LogP) is 1.87. The first-order chi connectivity index (χ1) is 9.63. The molecule has 0 atom stereocenters. The van der Waals surface area contributed by atoms with Crippen molar-refractivity contribution in [2.24, 2.45) is 7.05 Å². The largest absolute Gasteiger partial charge is 0.355 e. The second-order valence-corrected chi connectivity index (χ2v) is 5.00. The van der Waals surface area contributed by atoms with Crippen molar-refractivity contribution in [1.82, 2.24) is 20.1 Å². The predicted molar refractivity (Wildman–Crippen MR) is 81.7 cm³/mol. The molecule has 0 aliphatic rings. The van der Waals surface area contributed by atoms with Gasteiger partial charge in [0.1, 0.15) is 5.82 Å². The van der Waals surface area contributed by atoms with Gasteiger partial charge in [-0.05, 0) is 31.2 Å². The van der Waals surface area contributed by atoms with E-state index in [1.807, 2.05) is 36.3 Å². The molecule has 2 aromatic rings. The molecule has 0 bridgehead atoms. The van der Waals surface area contributed by atoms with Crippen LogP contribution in [-0.2, 0) is 20.1 Å². The standard InChI is InChI=1S/C15H23N5/c1-5-16-10-14-12(2)18-20(4)15(14)19(3)11-13-6-8-17-9-7-13/h6-9,16H,5,10-11H2,1-4H3. The summed E-state index contributed by atoms with van der Waals surface area (Å²) in [6.45, 7) is 6.84. The van der Waals surface area contributed by atoms with Crippen molar-refractivity contribution in [3.8, 4) is 0 Å². The van der Waals surface area contributed by atoms with Crippen LogP contribution in [0.2, 0.25) is 0 Å². The van der Waals surface area contributed by atoms with Crippen LogP contribution in [0.3, 0.4) is 0 Å². The normalized spacial score (nSPS) is 10.8. The van der Waals surface area contributed by atoms with Crippen molar-refractivity contribution in [3.05, 3.63) is 41.3 Å². The molecule has 0 amide bonds. The topological polar surface area (TPSA) is 46.0 Å². The fourth-order valence-corrected chi connectivity index (χ4v) is 2.46. The highest BCUT2D eigenvalue weighted by Gasteiger charge is 2.16. The average Bonchev–Trinajstić information content (AvgIpc) is 2.71. The van der Waals surface area contributed by atoms with Crippen LogP contribution in [0.1, 0.15) is 23.7 Å². The highest BCUT2D eigenvalue weighted by Crippen LogP contribution is 2.23. The van der Waals surface area contributed by atoms with Crippen molar-refractivity contribution in [1.29, 1.82) is 0 Å². The third-order valence-corrected chi connectivity index (χ3v) is 3.40. The lowest BCUT2D eigenvalue weighted by Crippen LogP contribution is -2.22. The Morgan fingerprint density at radius 2 is 2.00 bits per heavy atom. The highest BCUT2D eigenvalue weighted by atomic mass is 15.4.